The van der Waals surface area contributed by atoms with Gasteiger partial charge in [-0.15, -0.1) is 0 Å². The van der Waals surface area contributed by atoms with Gasteiger partial charge in [-0.1, -0.05) is 104 Å². The summed E-state index contributed by atoms with van der Waals surface area (Å²) in [5.74, 6) is 0.220. The van der Waals surface area contributed by atoms with Crippen molar-refractivity contribution in [2.75, 3.05) is 19.7 Å². The zero-order valence-electron chi connectivity index (χ0n) is 20.2. The van der Waals surface area contributed by atoms with Gasteiger partial charge in [-0.3, -0.25) is 4.79 Å². The van der Waals surface area contributed by atoms with Crippen molar-refractivity contribution in [2.45, 2.75) is 136 Å². The van der Waals surface area contributed by atoms with E-state index in [1.807, 2.05) is 0 Å². The second kappa shape index (κ2) is 23.7. The number of ether oxygens (including phenoxy) is 1. The van der Waals surface area contributed by atoms with Crippen LogP contribution in [0.2, 0.25) is 0 Å². The number of hydrogen-bond acceptors (Lipinski definition) is 3. The predicted molar refractivity (Wildman–Crippen MR) is 127 cm³/mol. The van der Waals surface area contributed by atoms with E-state index in [0.29, 0.717) is 6.61 Å². The molecule has 0 aliphatic rings. The quantitative estimate of drug-likeness (QED) is 0.138. The molecule has 0 aromatic heterocycles. The van der Waals surface area contributed by atoms with Crippen LogP contribution in [0.25, 0.3) is 0 Å². The SMILES string of the molecule is CCCCCCCCC(CCCCCC)C(=O)OCCCCCCNCCCC. The van der Waals surface area contributed by atoms with Gasteiger partial charge in [0.1, 0.15) is 0 Å². The standard InChI is InChI=1S/C26H53NO2/c1-4-7-10-12-13-17-21-25(20-16-11-8-5-2)26(28)29-24-19-15-14-18-23-27-22-9-6-3/h25,27H,4-24H2,1-3H3. The summed E-state index contributed by atoms with van der Waals surface area (Å²) in [6, 6.07) is 0. The van der Waals surface area contributed by atoms with Crippen molar-refractivity contribution in [1.29, 1.82) is 0 Å². The third kappa shape index (κ3) is 20.5. The largest absolute Gasteiger partial charge is 0.465 e. The van der Waals surface area contributed by atoms with Gasteiger partial charge in [0.25, 0.3) is 0 Å². The van der Waals surface area contributed by atoms with E-state index in [2.05, 4.69) is 26.1 Å². The van der Waals surface area contributed by atoms with Crippen molar-refractivity contribution >= 4 is 5.97 Å². The lowest BCUT2D eigenvalue weighted by Crippen LogP contribution is -2.19. The van der Waals surface area contributed by atoms with Crippen LogP contribution in [0.3, 0.4) is 0 Å². The van der Waals surface area contributed by atoms with Crippen LogP contribution < -0.4 is 5.32 Å². The Hall–Kier alpha value is -0.570. The van der Waals surface area contributed by atoms with Crippen molar-refractivity contribution in [1.82, 2.24) is 5.32 Å². The highest BCUT2D eigenvalue weighted by Crippen LogP contribution is 2.20. The van der Waals surface area contributed by atoms with Crippen molar-refractivity contribution in [3.8, 4) is 0 Å². The maximum atomic E-state index is 12.6. The molecule has 0 bridgehead atoms. The van der Waals surface area contributed by atoms with Crippen LogP contribution in [0.4, 0.5) is 0 Å². The van der Waals surface area contributed by atoms with Crippen LogP contribution >= 0.6 is 0 Å². The van der Waals surface area contributed by atoms with Crippen LogP contribution in [-0.2, 0) is 9.53 Å². The Bertz CT molecular complexity index is 333. The number of hydrogen-bond donors (Lipinski definition) is 1. The molecule has 0 aliphatic carbocycles. The summed E-state index contributed by atoms with van der Waals surface area (Å²) in [4.78, 5) is 12.6. The Kier molecular flexibility index (Phi) is 23.2. The summed E-state index contributed by atoms with van der Waals surface area (Å²) in [6.07, 6.45) is 21.9. The smallest absolute Gasteiger partial charge is 0.308 e. The zero-order chi connectivity index (χ0) is 21.4. The van der Waals surface area contributed by atoms with Gasteiger partial charge in [-0.25, -0.2) is 0 Å². The van der Waals surface area contributed by atoms with E-state index in [1.54, 1.807) is 0 Å². The van der Waals surface area contributed by atoms with Gasteiger partial charge in [0.05, 0.1) is 12.5 Å². The van der Waals surface area contributed by atoms with E-state index in [4.69, 9.17) is 4.74 Å². The summed E-state index contributed by atoms with van der Waals surface area (Å²) < 4.78 is 5.66. The van der Waals surface area contributed by atoms with E-state index in [-0.39, 0.29) is 11.9 Å². The first-order valence-electron chi connectivity index (χ1n) is 13.1. The summed E-state index contributed by atoms with van der Waals surface area (Å²) in [6.45, 7) is 9.61. The minimum absolute atomic E-state index is 0.0799. The molecule has 0 aliphatic heterocycles. The average Bonchev–Trinajstić information content (AvgIpc) is 2.73. The summed E-state index contributed by atoms with van der Waals surface area (Å²) in [5.41, 5.74) is 0. The van der Waals surface area contributed by atoms with E-state index in [0.717, 1.165) is 32.4 Å². The molecular weight excluding hydrogens is 358 g/mol. The third-order valence-corrected chi connectivity index (χ3v) is 5.84. The molecule has 1 unspecified atom stereocenters. The van der Waals surface area contributed by atoms with Crippen LogP contribution in [0, 0.1) is 5.92 Å². The molecular formula is C26H53NO2. The first kappa shape index (κ1) is 28.4. The van der Waals surface area contributed by atoms with Gasteiger partial charge in [-0.2, -0.15) is 0 Å². The molecule has 0 fully saturated rings. The lowest BCUT2D eigenvalue weighted by molar-refractivity contribution is -0.149. The summed E-state index contributed by atoms with van der Waals surface area (Å²) >= 11 is 0. The van der Waals surface area contributed by atoms with Gasteiger partial charge in [0.2, 0.25) is 0 Å². The second-order valence-electron chi connectivity index (χ2n) is 8.79. The topological polar surface area (TPSA) is 38.3 Å². The molecule has 0 heterocycles. The van der Waals surface area contributed by atoms with E-state index in [9.17, 15) is 4.79 Å². The first-order chi connectivity index (χ1) is 14.3. The van der Waals surface area contributed by atoms with E-state index >= 15 is 0 Å². The fourth-order valence-corrected chi connectivity index (χ4v) is 3.79. The molecule has 0 rings (SSSR count). The summed E-state index contributed by atoms with van der Waals surface area (Å²) in [5, 5.41) is 3.49. The highest BCUT2D eigenvalue weighted by atomic mass is 16.5. The third-order valence-electron chi connectivity index (χ3n) is 5.84. The Balaban J connectivity index is 3.87. The molecule has 3 heteroatoms. The molecule has 1 atom stereocenters. The molecule has 3 nitrogen and oxygen atoms in total. The predicted octanol–water partition coefficient (Wildman–Crippen LogP) is 7.82. The van der Waals surface area contributed by atoms with Crippen LogP contribution in [0.1, 0.15) is 136 Å². The number of carbonyl (C=O) groups excluding carboxylic acids is 1. The van der Waals surface area contributed by atoms with Crippen LogP contribution in [-0.4, -0.2) is 25.7 Å². The van der Waals surface area contributed by atoms with Gasteiger partial charge < -0.3 is 10.1 Å². The fraction of sp³-hybridized carbons (Fsp3) is 0.962. The van der Waals surface area contributed by atoms with Crippen LogP contribution in [0.5, 0.6) is 0 Å². The Labute approximate surface area is 183 Å². The molecule has 0 aromatic carbocycles. The monoisotopic (exact) mass is 411 g/mol. The zero-order valence-corrected chi connectivity index (χ0v) is 20.2. The molecule has 0 saturated heterocycles. The molecule has 0 radical (unpaired) electrons. The maximum Gasteiger partial charge on any atom is 0.308 e. The molecule has 174 valence electrons. The molecule has 29 heavy (non-hydrogen) atoms. The van der Waals surface area contributed by atoms with Crippen molar-refractivity contribution < 1.29 is 9.53 Å². The minimum Gasteiger partial charge on any atom is -0.465 e. The highest BCUT2D eigenvalue weighted by Gasteiger charge is 2.19. The fourth-order valence-electron chi connectivity index (χ4n) is 3.79. The maximum absolute atomic E-state index is 12.6. The van der Waals surface area contributed by atoms with Crippen molar-refractivity contribution in [2.24, 2.45) is 5.92 Å². The Morgan fingerprint density at radius 3 is 1.76 bits per heavy atom. The Morgan fingerprint density at radius 1 is 0.621 bits per heavy atom. The number of rotatable bonds is 23. The van der Waals surface area contributed by atoms with Crippen LogP contribution in [0.15, 0.2) is 0 Å². The number of nitrogens with one attached hydrogen (secondary N) is 1. The number of carbonyl (C=O) groups is 1. The average molecular weight is 412 g/mol. The molecule has 0 saturated carbocycles. The van der Waals surface area contributed by atoms with E-state index in [1.165, 1.54) is 96.3 Å². The van der Waals surface area contributed by atoms with Gasteiger partial charge in [0.15, 0.2) is 0 Å². The second-order valence-corrected chi connectivity index (χ2v) is 8.79. The van der Waals surface area contributed by atoms with Gasteiger partial charge in [0, 0.05) is 0 Å². The summed E-state index contributed by atoms with van der Waals surface area (Å²) in [7, 11) is 0. The number of unbranched alkanes of at least 4 members (excludes halogenated alkanes) is 12. The van der Waals surface area contributed by atoms with Gasteiger partial charge in [-0.05, 0) is 45.2 Å². The molecule has 0 amide bonds. The lowest BCUT2D eigenvalue weighted by atomic mass is 9.94. The van der Waals surface area contributed by atoms with E-state index < -0.39 is 0 Å². The first-order valence-corrected chi connectivity index (χ1v) is 13.1. The van der Waals surface area contributed by atoms with Gasteiger partial charge >= 0.3 is 5.97 Å². The molecule has 0 spiro atoms. The normalized spacial score (nSPS) is 12.2. The Morgan fingerprint density at radius 2 is 1.10 bits per heavy atom. The molecule has 0 aromatic rings. The lowest BCUT2D eigenvalue weighted by Gasteiger charge is -2.16. The minimum atomic E-state index is 0.0799. The van der Waals surface area contributed by atoms with Crippen molar-refractivity contribution in [3.05, 3.63) is 0 Å². The van der Waals surface area contributed by atoms with Crippen molar-refractivity contribution in [3.63, 3.8) is 0 Å². The number of esters is 1. The highest BCUT2D eigenvalue weighted by molar-refractivity contribution is 5.72. The molecule has 1 N–H and O–H groups in total.